The minimum Gasteiger partial charge on any atom is -0.383 e. The molecule has 0 amide bonds. The summed E-state index contributed by atoms with van der Waals surface area (Å²) >= 11 is 6.32. The van der Waals surface area contributed by atoms with Gasteiger partial charge in [0.25, 0.3) is 0 Å². The molecular formula is C13H20ClN5O. The van der Waals surface area contributed by atoms with Gasteiger partial charge in [-0.3, -0.25) is 9.36 Å². The van der Waals surface area contributed by atoms with Crippen molar-refractivity contribution in [3.8, 4) is 0 Å². The molecule has 0 saturated carbocycles. The highest BCUT2D eigenvalue weighted by atomic mass is 35.5. The van der Waals surface area contributed by atoms with Crippen LogP contribution in [0.4, 0.5) is 0 Å². The maximum Gasteiger partial charge on any atom is 0.0837 e. The average molecular weight is 298 g/mol. The summed E-state index contributed by atoms with van der Waals surface area (Å²) in [6.07, 6.45) is 3.67. The average Bonchev–Trinajstić information content (AvgIpc) is 2.93. The zero-order valence-corrected chi connectivity index (χ0v) is 13.0. The molecule has 0 radical (unpaired) electrons. The number of hydrogen-bond donors (Lipinski definition) is 1. The van der Waals surface area contributed by atoms with Gasteiger partial charge < -0.3 is 10.1 Å². The van der Waals surface area contributed by atoms with Crippen molar-refractivity contribution < 1.29 is 4.74 Å². The van der Waals surface area contributed by atoms with E-state index in [1.807, 2.05) is 31.9 Å². The molecule has 0 aromatic carbocycles. The number of nitrogens with one attached hydrogen (secondary N) is 1. The summed E-state index contributed by atoms with van der Waals surface area (Å²) < 4.78 is 8.79. The third-order valence-electron chi connectivity index (χ3n) is 3.26. The number of aryl methyl sites for hydroxylation is 2. The Morgan fingerprint density at radius 3 is 2.80 bits per heavy atom. The number of halogens is 1. The summed E-state index contributed by atoms with van der Waals surface area (Å²) in [6, 6.07) is -0.0458. The number of rotatable bonds is 6. The molecule has 0 spiro atoms. The third-order valence-corrected chi connectivity index (χ3v) is 3.56. The molecule has 0 aliphatic carbocycles. The minimum absolute atomic E-state index is 0.0458. The van der Waals surface area contributed by atoms with Gasteiger partial charge in [-0.15, -0.1) is 0 Å². The SMILES string of the molecule is CNC(c1cn(C)nc1C)c1c(Cl)cnn1CCOC. The molecule has 20 heavy (non-hydrogen) atoms. The topological polar surface area (TPSA) is 56.9 Å². The maximum atomic E-state index is 6.32. The number of nitrogens with zero attached hydrogens (tertiary/aromatic N) is 4. The zero-order valence-electron chi connectivity index (χ0n) is 12.2. The van der Waals surface area contributed by atoms with E-state index in [2.05, 4.69) is 15.5 Å². The first-order valence-electron chi connectivity index (χ1n) is 6.46. The van der Waals surface area contributed by atoms with E-state index in [4.69, 9.17) is 16.3 Å². The van der Waals surface area contributed by atoms with E-state index in [0.29, 0.717) is 18.2 Å². The van der Waals surface area contributed by atoms with E-state index >= 15 is 0 Å². The monoisotopic (exact) mass is 297 g/mol. The number of hydrogen-bond acceptors (Lipinski definition) is 4. The zero-order chi connectivity index (χ0) is 14.7. The Morgan fingerprint density at radius 1 is 1.50 bits per heavy atom. The number of ether oxygens (including phenoxy) is 1. The molecule has 2 rings (SSSR count). The lowest BCUT2D eigenvalue weighted by atomic mass is 10.1. The van der Waals surface area contributed by atoms with Crippen molar-refractivity contribution in [2.45, 2.75) is 19.5 Å². The van der Waals surface area contributed by atoms with Gasteiger partial charge in [-0.05, 0) is 14.0 Å². The Kier molecular flexibility index (Phi) is 4.80. The van der Waals surface area contributed by atoms with Gasteiger partial charge in [-0.2, -0.15) is 10.2 Å². The van der Waals surface area contributed by atoms with Gasteiger partial charge in [0.15, 0.2) is 0 Å². The summed E-state index contributed by atoms with van der Waals surface area (Å²) in [6.45, 7) is 3.24. The molecule has 0 aliphatic rings. The molecule has 1 N–H and O–H groups in total. The summed E-state index contributed by atoms with van der Waals surface area (Å²) in [5.74, 6) is 0. The molecule has 2 aromatic heterocycles. The lowest BCUT2D eigenvalue weighted by Gasteiger charge is -2.18. The van der Waals surface area contributed by atoms with Crippen LogP contribution in [0.3, 0.4) is 0 Å². The predicted octanol–water partition coefficient (Wildman–Crippen LogP) is 1.53. The Balaban J connectivity index is 2.41. The summed E-state index contributed by atoms with van der Waals surface area (Å²) in [4.78, 5) is 0. The van der Waals surface area contributed by atoms with Crippen LogP contribution < -0.4 is 5.32 Å². The molecule has 1 unspecified atom stereocenters. The molecule has 2 aromatic rings. The molecule has 0 aliphatic heterocycles. The Labute approximate surface area is 123 Å². The first kappa shape index (κ1) is 15.0. The van der Waals surface area contributed by atoms with Crippen LogP contribution in [-0.2, 0) is 18.3 Å². The Hall–Kier alpha value is -1.37. The van der Waals surface area contributed by atoms with Crippen molar-refractivity contribution >= 4 is 11.6 Å². The quantitative estimate of drug-likeness (QED) is 0.878. The van der Waals surface area contributed by atoms with Crippen LogP contribution in [0.25, 0.3) is 0 Å². The fourth-order valence-electron chi connectivity index (χ4n) is 2.36. The van der Waals surface area contributed by atoms with E-state index in [0.717, 1.165) is 17.0 Å². The van der Waals surface area contributed by atoms with Crippen molar-refractivity contribution in [1.29, 1.82) is 0 Å². The van der Waals surface area contributed by atoms with Crippen LogP contribution >= 0.6 is 11.6 Å². The molecule has 7 heteroatoms. The van der Waals surface area contributed by atoms with Gasteiger partial charge in [0.1, 0.15) is 0 Å². The second kappa shape index (κ2) is 6.39. The first-order chi connectivity index (χ1) is 9.58. The largest absolute Gasteiger partial charge is 0.383 e. The lowest BCUT2D eigenvalue weighted by molar-refractivity contribution is 0.182. The van der Waals surface area contributed by atoms with E-state index in [1.165, 1.54) is 0 Å². The van der Waals surface area contributed by atoms with E-state index in [-0.39, 0.29) is 6.04 Å². The van der Waals surface area contributed by atoms with Gasteiger partial charge >= 0.3 is 0 Å². The van der Waals surface area contributed by atoms with Gasteiger partial charge in [-0.25, -0.2) is 0 Å². The number of methoxy groups -OCH3 is 1. The van der Waals surface area contributed by atoms with E-state index < -0.39 is 0 Å². The van der Waals surface area contributed by atoms with Gasteiger partial charge in [-0.1, -0.05) is 11.6 Å². The van der Waals surface area contributed by atoms with Gasteiger partial charge in [0, 0.05) is 25.9 Å². The molecular weight excluding hydrogens is 278 g/mol. The van der Waals surface area contributed by atoms with Crippen molar-refractivity contribution in [3.63, 3.8) is 0 Å². The molecule has 110 valence electrons. The lowest BCUT2D eigenvalue weighted by Crippen LogP contribution is -2.23. The van der Waals surface area contributed by atoms with Gasteiger partial charge in [0.05, 0.1) is 41.8 Å². The van der Waals surface area contributed by atoms with Crippen LogP contribution in [0.2, 0.25) is 5.02 Å². The third kappa shape index (κ3) is 2.87. The highest BCUT2D eigenvalue weighted by Gasteiger charge is 2.23. The van der Waals surface area contributed by atoms with Crippen molar-refractivity contribution in [2.24, 2.45) is 7.05 Å². The van der Waals surface area contributed by atoms with Crippen LogP contribution in [-0.4, -0.2) is 40.3 Å². The van der Waals surface area contributed by atoms with E-state index in [9.17, 15) is 0 Å². The van der Waals surface area contributed by atoms with Crippen LogP contribution in [0.1, 0.15) is 23.0 Å². The second-order valence-electron chi connectivity index (χ2n) is 4.66. The summed E-state index contributed by atoms with van der Waals surface area (Å²) in [5, 5.41) is 12.6. The molecule has 1 atom stereocenters. The molecule has 0 fully saturated rings. The Morgan fingerprint density at radius 2 is 2.25 bits per heavy atom. The second-order valence-corrected chi connectivity index (χ2v) is 5.07. The molecule has 0 saturated heterocycles. The minimum atomic E-state index is -0.0458. The predicted molar refractivity (Wildman–Crippen MR) is 78.0 cm³/mol. The fourth-order valence-corrected chi connectivity index (χ4v) is 2.61. The van der Waals surface area contributed by atoms with Crippen LogP contribution in [0.15, 0.2) is 12.4 Å². The molecule has 2 heterocycles. The van der Waals surface area contributed by atoms with Gasteiger partial charge in [0.2, 0.25) is 0 Å². The van der Waals surface area contributed by atoms with E-state index in [1.54, 1.807) is 18.0 Å². The molecule has 6 nitrogen and oxygen atoms in total. The van der Waals surface area contributed by atoms with Crippen molar-refractivity contribution in [2.75, 3.05) is 20.8 Å². The van der Waals surface area contributed by atoms with Crippen molar-refractivity contribution in [3.05, 3.63) is 34.4 Å². The maximum absolute atomic E-state index is 6.32. The number of aromatic nitrogens is 4. The van der Waals surface area contributed by atoms with Crippen LogP contribution in [0.5, 0.6) is 0 Å². The smallest absolute Gasteiger partial charge is 0.0837 e. The summed E-state index contributed by atoms with van der Waals surface area (Å²) in [7, 11) is 5.49. The standard InChI is InChI=1S/C13H20ClN5O/c1-9-10(8-18(3)17-9)12(15-2)13-11(14)7-16-19(13)5-6-20-4/h7-8,12,15H,5-6H2,1-4H3. The first-order valence-corrected chi connectivity index (χ1v) is 6.83. The highest BCUT2D eigenvalue weighted by molar-refractivity contribution is 6.31. The molecule has 0 bridgehead atoms. The summed E-state index contributed by atoms with van der Waals surface area (Å²) in [5.41, 5.74) is 3.00. The fraction of sp³-hybridized carbons (Fsp3) is 0.538. The van der Waals surface area contributed by atoms with Crippen LogP contribution in [0, 0.1) is 6.92 Å². The normalized spacial score (nSPS) is 12.8. The Bertz CT molecular complexity index is 577. The highest BCUT2D eigenvalue weighted by Crippen LogP contribution is 2.29. The van der Waals surface area contributed by atoms with Crippen molar-refractivity contribution in [1.82, 2.24) is 24.9 Å².